The van der Waals surface area contributed by atoms with Crippen molar-refractivity contribution >= 4 is 22.4 Å². The van der Waals surface area contributed by atoms with Crippen molar-refractivity contribution in [3.05, 3.63) is 35.7 Å². The van der Waals surface area contributed by atoms with Crippen molar-refractivity contribution in [3.63, 3.8) is 0 Å². The van der Waals surface area contributed by atoms with Crippen LogP contribution in [0.5, 0.6) is 0 Å². The first kappa shape index (κ1) is 12.8. The Morgan fingerprint density at radius 1 is 1.33 bits per heavy atom. The standard InChI is InChI=1S/C13H18N4S/c1-9(2)17(13-15-10(3)16-18-13)8-11-6-4-5-7-12(11)14/h4-7,9H,8,14H2,1-3H3. The van der Waals surface area contributed by atoms with Gasteiger partial charge in [-0.2, -0.15) is 4.37 Å². The topological polar surface area (TPSA) is 55.0 Å². The maximum absolute atomic E-state index is 5.99. The molecule has 0 saturated carbocycles. The van der Waals surface area contributed by atoms with Gasteiger partial charge in [-0.05, 0) is 32.4 Å². The average Bonchev–Trinajstić information content (AvgIpc) is 2.74. The van der Waals surface area contributed by atoms with Crippen molar-refractivity contribution in [2.24, 2.45) is 0 Å². The summed E-state index contributed by atoms with van der Waals surface area (Å²) in [5.74, 6) is 0.821. The zero-order valence-electron chi connectivity index (χ0n) is 10.9. The van der Waals surface area contributed by atoms with E-state index in [1.54, 1.807) is 0 Å². The lowest BCUT2D eigenvalue weighted by Gasteiger charge is -2.26. The van der Waals surface area contributed by atoms with Gasteiger partial charge in [0.2, 0.25) is 5.13 Å². The van der Waals surface area contributed by atoms with Crippen molar-refractivity contribution in [3.8, 4) is 0 Å². The molecule has 0 saturated heterocycles. The van der Waals surface area contributed by atoms with Gasteiger partial charge in [-0.3, -0.25) is 0 Å². The van der Waals surface area contributed by atoms with Crippen LogP contribution in [-0.2, 0) is 6.54 Å². The maximum Gasteiger partial charge on any atom is 0.205 e. The lowest BCUT2D eigenvalue weighted by atomic mass is 10.1. The van der Waals surface area contributed by atoms with Gasteiger partial charge in [-0.15, -0.1) is 0 Å². The van der Waals surface area contributed by atoms with Gasteiger partial charge < -0.3 is 10.6 Å². The van der Waals surface area contributed by atoms with Crippen molar-refractivity contribution in [2.75, 3.05) is 10.6 Å². The molecule has 0 unspecified atom stereocenters. The highest BCUT2D eigenvalue weighted by molar-refractivity contribution is 7.09. The Morgan fingerprint density at radius 2 is 2.06 bits per heavy atom. The summed E-state index contributed by atoms with van der Waals surface area (Å²) in [7, 11) is 0. The normalized spacial score (nSPS) is 10.9. The van der Waals surface area contributed by atoms with Gasteiger partial charge in [-0.1, -0.05) is 18.2 Å². The smallest absolute Gasteiger partial charge is 0.205 e. The summed E-state index contributed by atoms with van der Waals surface area (Å²) in [5.41, 5.74) is 7.94. The second kappa shape index (κ2) is 5.35. The number of benzene rings is 1. The molecule has 4 nitrogen and oxygen atoms in total. The van der Waals surface area contributed by atoms with Gasteiger partial charge >= 0.3 is 0 Å². The van der Waals surface area contributed by atoms with Crippen LogP contribution in [0.25, 0.3) is 0 Å². The Morgan fingerprint density at radius 3 is 2.61 bits per heavy atom. The Kier molecular flexibility index (Phi) is 3.81. The fourth-order valence-electron chi connectivity index (χ4n) is 1.74. The predicted octanol–water partition coefficient (Wildman–Crippen LogP) is 2.84. The van der Waals surface area contributed by atoms with Crippen LogP contribution < -0.4 is 10.6 Å². The van der Waals surface area contributed by atoms with Gasteiger partial charge in [0, 0.05) is 29.8 Å². The van der Waals surface area contributed by atoms with E-state index in [0.717, 1.165) is 28.8 Å². The van der Waals surface area contributed by atoms with Crippen LogP contribution in [-0.4, -0.2) is 15.4 Å². The number of anilines is 2. The minimum absolute atomic E-state index is 0.358. The summed E-state index contributed by atoms with van der Waals surface area (Å²) in [6, 6.07) is 8.30. The number of aromatic nitrogens is 2. The molecule has 1 aromatic carbocycles. The first-order valence-corrected chi connectivity index (χ1v) is 6.75. The highest BCUT2D eigenvalue weighted by Crippen LogP contribution is 2.23. The SMILES string of the molecule is Cc1nsc(N(Cc2ccccc2N)C(C)C)n1. The molecular formula is C13H18N4S. The maximum atomic E-state index is 5.99. The third-order valence-electron chi connectivity index (χ3n) is 2.78. The number of nitrogens with two attached hydrogens (primary N) is 1. The minimum Gasteiger partial charge on any atom is -0.398 e. The summed E-state index contributed by atoms with van der Waals surface area (Å²) in [6.45, 7) is 6.97. The van der Waals surface area contributed by atoms with E-state index in [-0.39, 0.29) is 0 Å². The first-order chi connectivity index (χ1) is 8.58. The molecule has 0 atom stereocenters. The number of rotatable bonds is 4. The predicted molar refractivity (Wildman–Crippen MR) is 76.8 cm³/mol. The molecule has 1 aromatic heterocycles. The fourth-order valence-corrected chi connectivity index (χ4v) is 2.54. The first-order valence-electron chi connectivity index (χ1n) is 5.98. The second-order valence-corrected chi connectivity index (χ2v) is 5.27. The summed E-state index contributed by atoms with van der Waals surface area (Å²) in [4.78, 5) is 6.67. The molecule has 0 bridgehead atoms. The van der Waals surface area contributed by atoms with E-state index in [1.807, 2.05) is 25.1 Å². The Bertz CT molecular complexity index is 521. The van der Waals surface area contributed by atoms with Gasteiger partial charge in [-0.25, -0.2) is 4.98 Å². The van der Waals surface area contributed by atoms with E-state index in [0.29, 0.717) is 6.04 Å². The van der Waals surface area contributed by atoms with Crippen LogP contribution in [0.4, 0.5) is 10.8 Å². The van der Waals surface area contributed by atoms with E-state index in [4.69, 9.17) is 5.73 Å². The Labute approximate surface area is 112 Å². The van der Waals surface area contributed by atoms with Gasteiger partial charge in [0.15, 0.2) is 0 Å². The summed E-state index contributed by atoms with van der Waals surface area (Å²) >= 11 is 1.44. The summed E-state index contributed by atoms with van der Waals surface area (Å²) in [6.07, 6.45) is 0. The van der Waals surface area contributed by atoms with Crippen LogP contribution in [0, 0.1) is 6.92 Å². The molecule has 2 N–H and O–H groups in total. The molecule has 0 aliphatic rings. The van der Waals surface area contributed by atoms with Gasteiger partial charge in [0.25, 0.3) is 0 Å². The van der Waals surface area contributed by atoms with Crippen LogP contribution in [0.3, 0.4) is 0 Å². The molecule has 0 fully saturated rings. The second-order valence-electron chi connectivity index (χ2n) is 4.54. The molecule has 0 spiro atoms. The monoisotopic (exact) mass is 262 g/mol. The molecule has 1 heterocycles. The highest BCUT2D eigenvalue weighted by atomic mass is 32.1. The number of hydrogen-bond acceptors (Lipinski definition) is 5. The lowest BCUT2D eigenvalue weighted by molar-refractivity contribution is 0.680. The van der Waals surface area contributed by atoms with Crippen LogP contribution >= 0.6 is 11.5 Å². The van der Waals surface area contributed by atoms with E-state index in [2.05, 4.69) is 34.2 Å². The largest absolute Gasteiger partial charge is 0.398 e. The lowest BCUT2D eigenvalue weighted by Crippen LogP contribution is -2.30. The van der Waals surface area contributed by atoms with E-state index in [1.165, 1.54) is 11.5 Å². The number of nitrogen functional groups attached to an aromatic ring is 1. The van der Waals surface area contributed by atoms with Crippen LogP contribution in [0.15, 0.2) is 24.3 Å². The van der Waals surface area contributed by atoms with Crippen molar-refractivity contribution in [2.45, 2.75) is 33.4 Å². The molecule has 0 aliphatic heterocycles. The Hall–Kier alpha value is -1.62. The van der Waals surface area contributed by atoms with Crippen molar-refractivity contribution in [1.29, 1.82) is 0 Å². The average molecular weight is 262 g/mol. The summed E-state index contributed by atoms with van der Waals surface area (Å²) < 4.78 is 4.24. The van der Waals surface area contributed by atoms with E-state index < -0.39 is 0 Å². The fraction of sp³-hybridized carbons (Fsp3) is 0.385. The van der Waals surface area contributed by atoms with Crippen LogP contribution in [0.2, 0.25) is 0 Å². The van der Waals surface area contributed by atoms with E-state index in [9.17, 15) is 0 Å². The third kappa shape index (κ3) is 2.79. The van der Waals surface area contributed by atoms with Gasteiger partial charge in [0.05, 0.1) is 0 Å². The molecule has 0 radical (unpaired) electrons. The van der Waals surface area contributed by atoms with Crippen LogP contribution in [0.1, 0.15) is 25.2 Å². The zero-order chi connectivity index (χ0) is 13.1. The number of aryl methyl sites for hydroxylation is 1. The van der Waals surface area contributed by atoms with E-state index >= 15 is 0 Å². The highest BCUT2D eigenvalue weighted by Gasteiger charge is 2.16. The van der Waals surface area contributed by atoms with Crippen molar-refractivity contribution < 1.29 is 0 Å². The number of nitrogens with zero attached hydrogens (tertiary/aromatic N) is 3. The third-order valence-corrected chi connectivity index (χ3v) is 3.63. The quantitative estimate of drug-likeness (QED) is 0.861. The molecule has 2 aromatic rings. The molecule has 0 amide bonds. The summed E-state index contributed by atoms with van der Waals surface area (Å²) in [5, 5.41) is 0.950. The molecule has 18 heavy (non-hydrogen) atoms. The Balaban J connectivity index is 2.25. The van der Waals surface area contributed by atoms with Crippen molar-refractivity contribution in [1.82, 2.24) is 9.36 Å². The van der Waals surface area contributed by atoms with Gasteiger partial charge in [0.1, 0.15) is 5.82 Å². The molecule has 2 rings (SSSR count). The minimum atomic E-state index is 0.358. The zero-order valence-corrected chi connectivity index (χ0v) is 11.7. The molecule has 0 aliphatic carbocycles. The number of hydrogen-bond donors (Lipinski definition) is 1. The molecular weight excluding hydrogens is 244 g/mol. The number of para-hydroxylation sites is 1. The molecule has 96 valence electrons. The molecule has 5 heteroatoms.